The summed E-state index contributed by atoms with van der Waals surface area (Å²) < 4.78 is 31.9. The highest BCUT2D eigenvalue weighted by Crippen LogP contribution is 2.27. The highest BCUT2D eigenvalue weighted by molar-refractivity contribution is 7.90. The second-order valence-corrected chi connectivity index (χ2v) is 7.37. The smallest absolute Gasteiger partial charge is 0.340 e. The Morgan fingerprint density at radius 2 is 1.69 bits per heavy atom. The van der Waals surface area contributed by atoms with E-state index < -0.39 is 16.0 Å². The first-order valence-electron chi connectivity index (χ1n) is 7.66. The Balaban J connectivity index is 2.13. The lowest BCUT2D eigenvalue weighted by atomic mass is 10.2. The Labute approximate surface area is 150 Å². The second-order valence-electron chi connectivity index (χ2n) is 5.56. The fraction of sp³-hybridized carbons (Fsp3) is 0.111. The number of para-hydroxylation sites is 1. The van der Waals surface area contributed by atoms with Crippen LogP contribution in [-0.4, -0.2) is 31.4 Å². The van der Waals surface area contributed by atoms with Crippen molar-refractivity contribution in [3.8, 4) is 0 Å². The summed E-state index contributed by atoms with van der Waals surface area (Å²) in [4.78, 5) is 23.1. The van der Waals surface area contributed by atoms with Crippen LogP contribution in [0.3, 0.4) is 0 Å². The van der Waals surface area contributed by atoms with Gasteiger partial charge in [0.05, 0.1) is 23.1 Å². The molecule has 0 saturated heterocycles. The van der Waals surface area contributed by atoms with Gasteiger partial charge in [0.1, 0.15) is 0 Å². The number of esters is 1. The van der Waals surface area contributed by atoms with E-state index in [9.17, 15) is 18.0 Å². The molecule has 1 heterocycles. The average Bonchev–Trinajstić information content (AvgIpc) is 3.01. The molecule has 0 fully saturated rings. The molecule has 0 radical (unpaired) electrons. The van der Waals surface area contributed by atoms with Crippen LogP contribution in [0, 0.1) is 0 Å². The fourth-order valence-corrected chi connectivity index (χ4v) is 4.02. The molecule has 0 aliphatic carbocycles. The molecule has 0 spiro atoms. The molecular formula is C18H16N2O5S. The quantitative estimate of drug-likeness (QED) is 0.711. The molecule has 3 aromatic rings. The Bertz CT molecular complexity index is 1100. The Morgan fingerprint density at radius 1 is 1.04 bits per heavy atom. The van der Waals surface area contributed by atoms with Crippen LogP contribution in [-0.2, 0) is 19.6 Å². The number of methoxy groups -OCH3 is 1. The number of ether oxygens (including phenoxy) is 1. The van der Waals surface area contributed by atoms with Crippen molar-refractivity contribution in [1.29, 1.82) is 0 Å². The van der Waals surface area contributed by atoms with Gasteiger partial charge < -0.3 is 10.1 Å². The largest absolute Gasteiger partial charge is 0.465 e. The molecule has 8 heteroatoms. The summed E-state index contributed by atoms with van der Waals surface area (Å²) in [5.74, 6) is -0.865. The molecule has 0 atom stereocenters. The van der Waals surface area contributed by atoms with E-state index in [2.05, 4.69) is 5.32 Å². The van der Waals surface area contributed by atoms with Crippen molar-refractivity contribution in [2.24, 2.45) is 0 Å². The van der Waals surface area contributed by atoms with Gasteiger partial charge in [-0.2, -0.15) is 0 Å². The number of nitrogens with zero attached hydrogens (tertiary/aromatic N) is 1. The van der Waals surface area contributed by atoms with E-state index in [0.29, 0.717) is 16.6 Å². The fourth-order valence-electron chi connectivity index (χ4n) is 2.65. The zero-order valence-corrected chi connectivity index (χ0v) is 14.9. The predicted molar refractivity (Wildman–Crippen MR) is 96.6 cm³/mol. The zero-order valence-electron chi connectivity index (χ0n) is 14.1. The summed E-state index contributed by atoms with van der Waals surface area (Å²) in [6.07, 6.45) is 1.26. The summed E-state index contributed by atoms with van der Waals surface area (Å²) in [7, 11) is -2.70. The van der Waals surface area contributed by atoms with E-state index in [-0.39, 0.29) is 16.4 Å². The number of nitrogens with one attached hydrogen (secondary N) is 1. The molecule has 0 bridgehead atoms. The predicted octanol–water partition coefficient (Wildman–Crippen LogP) is 2.62. The Hall–Kier alpha value is -3.13. The van der Waals surface area contributed by atoms with Gasteiger partial charge in [-0.05, 0) is 30.3 Å². The van der Waals surface area contributed by atoms with Crippen LogP contribution < -0.4 is 5.32 Å². The Morgan fingerprint density at radius 3 is 2.31 bits per heavy atom. The second kappa shape index (κ2) is 6.64. The number of hydrogen-bond donors (Lipinski definition) is 1. The number of hydrogen-bond acceptors (Lipinski definition) is 5. The van der Waals surface area contributed by atoms with Crippen LogP contribution in [0.1, 0.15) is 17.3 Å². The number of carbonyl (C=O) groups excluding carboxylic acids is 2. The first-order chi connectivity index (χ1) is 12.3. The van der Waals surface area contributed by atoms with Crippen LogP contribution in [0.15, 0.2) is 59.6 Å². The summed E-state index contributed by atoms with van der Waals surface area (Å²) in [5.41, 5.74) is 1.03. The summed E-state index contributed by atoms with van der Waals surface area (Å²) >= 11 is 0. The average molecular weight is 372 g/mol. The third-order valence-electron chi connectivity index (χ3n) is 3.81. The molecule has 0 unspecified atom stereocenters. The van der Waals surface area contributed by atoms with Gasteiger partial charge in [0.25, 0.3) is 10.0 Å². The monoisotopic (exact) mass is 372 g/mol. The van der Waals surface area contributed by atoms with Crippen molar-refractivity contribution in [3.63, 3.8) is 0 Å². The molecule has 134 valence electrons. The number of benzene rings is 2. The minimum atomic E-state index is -3.94. The number of anilines is 1. The van der Waals surface area contributed by atoms with E-state index in [1.165, 1.54) is 44.5 Å². The van der Waals surface area contributed by atoms with E-state index in [1.54, 1.807) is 24.3 Å². The van der Waals surface area contributed by atoms with Gasteiger partial charge >= 0.3 is 5.97 Å². The normalized spacial score (nSPS) is 11.3. The van der Waals surface area contributed by atoms with Crippen molar-refractivity contribution < 1.29 is 22.7 Å². The van der Waals surface area contributed by atoms with Gasteiger partial charge in [0.2, 0.25) is 5.91 Å². The van der Waals surface area contributed by atoms with Crippen molar-refractivity contribution in [2.75, 3.05) is 12.4 Å². The molecular weight excluding hydrogens is 356 g/mol. The minimum absolute atomic E-state index is 0.0313. The first kappa shape index (κ1) is 17.7. The third kappa shape index (κ3) is 3.06. The van der Waals surface area contributed by atoms with Crippen molar-refractivity contribution in [2.45, 2.75) is 11.8 Å². The number of rotatable bonds is 4. The number of aromatic nitrogens is 1. The summed E-state index contributed by atoms with van der Waals surface area (Å²) in [6, 6.07) is 12.5. The highest BCUT2D eigenvalue weighted by atomic mass is 32.2. The first-order valence-corrected chi connectivity index (χ1v) is 9.10. The van der Waals surface area contributed by atoms with Crippen LogP contribution in [0.25, 0.3) is 10.9 Å². The lowest BCUT2D eigenvalue weighted by Crippen LogP contribution is -2.12. The number of carbonyl (C=O) groups is 2. The zero-order chi connectivity index (χ0) is 18.9. The van der Waals surface area contributed by atoms with Gasteiger partial charge in [0.15, 0.2) is 0 Å². The summed E-state index contributed by atoms with van der Waals surface area (Å²) in [5, 5.41) is 3.06. The van der Waals surface area contributed by atoms with Crippen molar-refractivity contribution >= 4 is 38.5 Å². The molecule has 0 aliphatic heterocycles. The van der Waals surface area contributed by atoms with E-state index in [4.69, 9.17) is 4.74 Å². The van der Waals surface area contributed by atoms with Crippen LogP contribution in [0.2, 0.25) is 0 Å². The Kier molecular flexibility index (Phi) is 4.52. The molecule has 3 rings (SSSR count). The standard InChI is InChI=1S/C18H16N2O5S/c1-12(21)19-13-7-9-14(10-8-13)26(23,24)20-11-16(18(22)25-2)15-5-3-4-6-17(15)20/h3-11H,1-2H3,(H,19,21). The van der Waals surface area contributed by atoms with Gasteiger partial charge in [-0.25, -0.2) is 17.2 Å². The maximum atomic E-state index is 13.0. The van der Waals surface area contributed by atoms with Gasteiger partial charge in [-0.15, -0.1) is 0 Å². The molecule has 7 nitrogen and oxygen atoms in total. The third-order valence-corrected chi connectivity index (χ3v) is 5.50. The van der Waals surface area contributed by atoms with Crippen LogP contribution >= 0.6 is 0 Å². The van der Waals surface area contributed by atoms with E-state index in [1.807, 2.05) is 0 Å². The molecule has 26 heavy (non-hydrogen) atoms. The van der Waals surface area contributed by atoms with E-state index >= 15 is 0 Å². The SMILES string of the molecule is COC(=O)c1cn(S(=O)(=O)c2ccc(NC(C)=O)cc2)c2ccccc12. The van der Waals surface area contributed by atoms with Crippen molar-refractivity contribution in [3.05, 3.63) is 60.3 Å². The molecule has 0 saturated carbocycles. The molecule has 1 amide bonds. The van der Waals surface area contributed by atoms with Gasteiger partial charge in [-0.1, -0.05) is 18.2 Å². The van der Waals surface area contributed by atoms with E-state index in [0.717, 1.165) is 3.97 Å². The highest BCUT2D eigenvalue weighted by Gasteiger charge is 2.23. The molecule has 2 aromatic carbocycles. The minimum Gasteiger partial charge on any atom is -0.465 e. The van der Waals surface area contributed by atoms with Gasteiger partial charge in [0, 0.05) is 24.2 Å². The van der Waals surface area contributed by atoms with Crippen LogP contribution in [0.4, 0.5) is 5.69 Å². The topological polar surface area (TPSA) is 94.5 Å². The lowest BCUT2D eigenvalue weighted by molar-refractivity contribution is -0.114. The van der Waals surface area contributed by atoms with Crippen molar-refractivity contribution in [1.82, 2.24) is 3.97 Å². The van der Waals surface area contributed by atoms with Gasteiger partial charge in [-0.3, -0.25) is 4.79 Å². The van der Waals surface area contributed by atoms with Crippen LogP contribution in [0.5, 0.6) is 0 Å². The maximum absolute atomic E-state index is 13.0. The summed E-state index contributed by atoms with van der Waals surface area (Å²) in [6.45, 7) is 1.37. The molecule has 1 aromatic heterocycles. The number of amides is 1. The molecule has 0 aliphatic rings. The number of fused-ring (bicyclic) bond motifs is 1. The lowest BCUT2D eigenvalue weighted by Gasteiger charge is -2.08. The molecule has 1 N–H and O–H groups in total. The maximum Gasteiger partial charge on any atom is 0.340 e.